The van der Waals surface area contributed by atoms with Gasteiger partial charge in [0.1, 0.15) is 5.75 Å². The fraction of sp³-hybridized carbons (Fsp3) is 0.133. The number of ketones is 1. The molecule has 0 bridgehead atoms. The number of hydrogen-bond acceptors (Lipinski definition) is 4. The monoisotopic (exact) mass is 271 g/mol. The maximum Gasteiger partial charge on any atom is 0.276 e. The Hall–Kier alpha value is -2.69. The number of hydrogen-bond donors (Lipinski definition) is 0. The standard InChI is InChI=1S/C15H13NO4/c1-20-13-8-7-12(14(10-13)16(18)19)9-15(17)11-5-3-2-4-6-11/h2-8,10H,9H2,1H3. The van der Waals surface area contributed by atoms with E-state index in [1.807, 2.05) is 6.07 Å². The molecule has 2 rings (SSSR count). The first-order valence-electron chi connectivity index (χ1n) is 6.01. The summed E-state index contributed by atoms with van der Waals surface area (Å²) in [6, 6.07) is 13.2. The lowest BCUT2D eigenvalue weighted by atomic mass is 10.0. The average Bonchev–Trinajstić information content (AvgIpc) is 2.48. The van der Waals surface area contributed by atoms with E-state index in [1.54, 1.807) is 36.4 Å². The molecule has 0 spiro atoms. The van der Waals surface area contributed by atoms with Crippen LogP contribution in [0, 0.1) is 10.1 Å². The number of nitrogens with zero attached hydrogens (tertiary/aromatic N) is 1. The molecule has 0 saturated carbocycles. The van der Waals surface area contributed by atoms with Gasteiger partial charge in [-0.05, 0) is 12.1 Å². The molecule has 2 aromatic carbocycles. The predicted octanol–water partition coefficient (Wildman–Crippen LogP) is 3.03. The molecule has 0 amide bonds. The normalized spacial score (nSPS) is 10.1. The van der Waals surface area contributed by atoms with Crippen LogP contribution >= 0.6 is 0 Å². The van der Waals surface area contributed by atoms with Gasteiger partial charge in [-0.25, -0.2) is 0 Å². The summed E-state index contributed by atoms with van der Waals surface area (Å²) in [7, 11) is 1.44. The molecule has 5 heteroatoms. The Morgan fingerprint density at radius 2 is 1.90 bits per heavy atom. The lowest BCUT2D eigenvalue weighted by Gasteiger charge is -2.05. The van der Waals surface area contributed by atoms with Crippen LogP contribution in [0.15, 0.2) is 48.5 Å². The van der Waals surface area contributed by atoms with Gasteiger partial charge in [-0.15, -0.1) is 0 Å². The molecule has 0 fully saturated rings. The number of rotatable bonds is 5. The Morgan fingerprint density at radius 1 is 1.20 bits per heavy atom. The maximum atomic E-state index is 12.1. The summed E-state index contributed by atoms with van der Waals surface area (Å²) in [5.74, 6) is 0.242. The minimum absolute atomic E-state index is 0.00960. The Kier molecular flexibility index (Phi) is 4.10. The van der Waals surface area contributed by atoms with E-state index in [1.165, 1.54) is 13.2 Å². The third kappa shape index (κ3) is 3.00. The quantitative estimate of drug-likeness (QED) is 0.476. The molecule has 0 aliphatic heterocycles. The molecule has 102 valence electrons. The van der Waals surface area contributed by atoms with Gasteiger partial charge in [-0.1, -0.05) is 30.3 Å². The van der Waals surface area contributed by atoms with Gasteiger partial charge in [-0.2, -0.15) is 0 Å². The molecule has 0 N–H and O–H groups in total. The number of Topliss-reactive ketones (excluding diaryl/α,β-unsaturated/α-hetero) is 1. The maximum absolute atomic E-state index is 12.1. The molecule has 0 aliphatic rings. The zero-order valence-electron chi connectivity index (χ0n) is 10.9. The van der Waals surface area contributed by atoms with Crippen molar-refractivity contribution in [1.82, 2.24) is 0 Å². The smallest absolute Gasteiger partial charge is 0.276 e. The zero-order chi connectivity index (χ0) is 14.5. The summed E-state index contributed by atoms with van der Waals surface area (Å²) in [4.78, 5) is 22.6. The highest BCUT2D eigenvalue weighted by Gasteiger charge is 2.18. The summed E-state index contributed by atoms with van der Waals surface area (Å²) in [6.07, 6.45) is -0.00960. The van der Waals surface area contributed by atoms with E-state index < -0.39 is 4.92 Å². The molecule has 0 saturated heterocycles. The first-order valence-corrected chi connectivity index (χ1v) is 6.01. The number of nitro groups is 1. The molecule has 0 aliphatic carbocycles. The van der Waals surface area contributed by atoms with E-state index in [0.717, 1.165) is 0 Å². The summed E-state index contributed by atoms with van der Waals surface area (Å²) in [5.41, 5.74) is 0.816. The van der Waals surface area contributed by atoms with Gasteiger partial charge in [0, 0.05) is 17.5 Å². The van der Waals surface area contributed by atoms with Crippen molar-refractivity contribution in [3.63, 3.8) is 0 Å². The molecule has 0 aromatic heterocycles. The summed E-state index contributed by atoms with van der Waals surface area (Å²) in [5, 5.41) is 11.0. The van der Waals surface area contributed by atoms with Crippen LogP contribution in [-0.2, 0) is 6.42 Å². The third-order valence-electron chi connectivity index (χ3n) is 2.94. The van der Waals surface area contributed by atoms with Crippen LogP contribution in [0.25, 0.3) is 0 Å². The van der Waals surface area contributed by atoms with E-state index in [-0.39, 0.29) is 17.9 Å². The van der Waals surface area contributed by atoms with Crippen LogP contribution in [-0.4, -0.2) is 17.8 Å². The van der Waals surface area contributed by atoms with Gasteiger partial charge in [0.2, 0.25) is 0 Å². The minimum Gasteiger partial charge on any atom is -0.497 e. The number of carbonyl (C=O) groups excluding carboxylic acids is 1. The van der Waals surface area contributed by atoms with Gasteiger partial charge in [-0.3, -0.25) is 14.9 Å². The van der Waals surface area contributed by atoms with Crippen molar-refractivity contribution in [2.75, 3.05) is 7.11 Å². The summed E-state index contributed by atoms with van der Waals surface area (Å²) in [6.45, 7) is 0. The molecule has 0 unspecified atom stereocenters. The second-order valence-corrected chi connectivity index (χ2v) is 4.22. The van der Waals surface area contributed by atoms with Gasteiger partial charge in [0.05, 0.1) is 18.1 Å². The molecular formula is C15H13NO4. The van der Waals surface area contributed by atoms with E-state index in [4.69, 9.17) is 4.74 Å². The van der Waals surface area contributed by atoms with Crippen LogP contribution in [0.2, 0.25) is 0 Å². The Bertz CT molecular complexity index is 638. The largest absolute Gasteiger partial charge is 0.497 e. The van der Waals surface area contributed by atoms with E-state index >= 15 is 0 Å². The van der Waals surface area contributed by atoms with Crippen molar-refractivity contribution in [2.24, 2.45) is 0 Å². The molecule has 5 nitrogen and oxygen atoms in total. The first kappa shape index (κ1) is 13.7. The molecule has 2 aromatic rings. The Balaban J connectivity index is 2.29. The van der Waals surface area contributed by atoms with Gasteiger partial charge in [0.25, 0.3) is 5.69 Å². The topological polar surface area (TPSA) is 69.4 Å². The predicted molar refractivity (Wildman–Crippen MR) is 74.1 cm³/mol. The molecule has 0 heterocycles. The fourth-order valence-corrected chi connectivity index (χ4v) is 1.89. The number of carbonyl (C=O) groups is 1. The highest BCUT2D eigenvalue weighted by Crippen LogP contribution is 2.25. The van der Waals surface area contributed by atoms with Crippen molar-refractivity contribution in [3.8, 4) is 5.75 Å². The molecule has 20 heavy (non-hydrogen) atoms. The second kappa shape index (κ2) is 5.97. The summed E-state index contributed by atoms with van der Waals surface area (Å²) >= 11 is 0. The molecule has 0 radical (unpaired) electrons. The SMILES string of the molecule is COc1ccc(CC(=O)c2ccccc2)c([N+](=O)[O-])c1. The highest BCUT2D eigenvalue weighted by molar-refractivity contribution is 5.97. The van der Waals surface area contributed by atoms with Crippen LogP contribution in [0.3, 0.4) is 0 Å². The zero-order valence-corrected chi connectivity index (χ0v) is 10.9. The number of methoxy groups -OCH3 is 1. The lowest BCUT2D eigenvalue weighted by Crippen LogP contribution is -2.06. The molecular weight excluding hydrogens is 258 g/mol. The average molecular weight is 271 g/mol. The van der Waals surface area contributed by atoms with Crippen LogP contribution < -0.4 is 4.74 Å². The summed E-state index contributed by atoms with van der Waals surface area (Å²) < 4.78 is 4.96. The number of nitro benzene ring substituents is 1. The van der Waals surface area contributed by atoms with Gasteiger partial charge >= 0.3 is 0 Å². The van der Waals surface area contributed by atoms with E-state index in [9.17, 15) is 14.9 Å². The van der Waals surface area contributed by atoms with E-state index in [2.05, 4.69) is 0 Å². The van der Waals surface area contributed by atoms with Crippen LogP contribution in [0.1, 0.15) is 15.9 Å². The van der Waals surface area contributed by atoms with Crippen molar-refractivity contribution in [2.45, 2.75) is 6.42 Å². The van der Waals surface area contributed by atoms with Crippen molar-refractivity contribution < 1.29 is 14.5 Å². The van der Waals surface area contributed by atoms with Crippen LogP contribution in [0.5, 0.6) is 5.75 Å². The van der Waals surface area contributed by atoms with E-state index in [0.29, 0.717) is 16.9 Å². The number of ether oxygens (including phenoxy) is 1. The Morgan fingerprint density at radius 3 is 2.50 bits per heavy atom. The molecule has 0 atom stereocenters. The van der Waals surface area contributed by atoms with Crippen molar-refractivity contribution in [3.05, 3.63) is 69.8 Å². The second-order valence-electron chi connectivity index (χ2n) is 4.22. The van der Waals surface area contributed by atoms with Crippen LogP contribution in [0.4, 0.5) is 5.69 Å². The fourth-order valence-electron chi connectivity index (χ4n) is 1.89. The van der Waals surface area contributed by atoms with Crippen molar-refractivity contribution in [1.29, 1.82) is 0 Å². The highest BCUT2D eigenvalue weighted by atomic mass is 16.6. The van der Waals surface area contributed by atoms with Gasteiger partial charge < -0.3 is 4.74 Å². The van der Waals surface area contributed by atoms with Crippen molar-refractivity contribution >= 4 is 11.5 Å². The minimum atomic E-state index is -0.504. The lowest BCUT2D eigenvalue weighted by molar-refractivity contribution is -0.385. The number of benzene rings is 2. The Labute approximate surface area is 116 Å². The third-order valence-corrected chi connectivity index (χ3v) is 2.94. The van der Waals surface area contributed by atoms with Gasteiger partial charge in [0.15, 0.2) is 5.78 Å². The first-order chi connectivity index (χ1) is 9.61.